The van der Waals surface area contributed by atoms with Crippen molar-refractivity contribution < 1.29 is 9.53 Å². The van der Waals surface area contributed by atoms with Crippen molar-refractivity contribution in [2.45, 2.75) is 27.3 Å². The Morgan fingerprint density at radius 3 is 2.41 bits per heavy atom. The van der Waals surface area contributed by atoms with Crippen molar-refractivity contribution in [1.82, 2.24) is 16.0 Å². The molecule has 3 N–H and O–H groups in total. The zero-order valence-corrected chi connectivity index (χ0v) is 19.9. The highest BCUT2D eigenvalue weighted by atomic mass is 127. The van der Waals surface area contributed by atoms with Crippen LogP contribution in [-0.2, 0) is 6.54 Å². The fraction of sp³-hybridized carbons (Fsp3) is 0.364. The van der Waals surface area contributed by atoms with E-state index in [0.717, 1.165) is 29.0 Å². The number of ether oxygens (including phenoxy) is 1. The number of carbonyl (C=O) groups excluding carboxylic acids is 1. The predicted octanol–water partition coefficient (Wildman–Crippen LogP) is 3.42. The Balaban J connectivity index is 0.00000420. The quantitative estimate of drug-likeness (QED) is 0.220. The number of rotatable bonds is 8. The molecule has 0 aliphatic heterocycles. The molecule has 0 spiro atoms. The third-order valence-electron chi connectivity index (χ3n) is 4.18. The van der Waals surface area contributed by atoms with Crippen LogP contribution in [0.2, 0.25) is 0 Å². The molecule has 0 aliphatic carbocycles. The number of carbonyl (C=O) groups is 1. The van der Waals surface area contributed by atoms with Crippen LogP contribution in [0.5, 0.6) is 5.75 Å². The molecule has 0 aromatic heterocycles. The van der Waals surface area contributed by atoms with Gasteiger partial charge in [-0.3, -0.25) is 4.79 Å². The van der Waals surface area contributed by atoms with Crippen LogP contribution in [0.15, 0.2) is 47.5 Å². The largest absolute Gasteiger partial charge is 0.496 e. The maximum absolute atomic E-state index is 12.2. The van der Waals surface area contributed by atoms with Gasteiger partial charge in [0.2, 0.25) is 0 Å². The Labute approximate surface area is 190 Å². The number of aliphatic imine (C=N–C) groups is 1. The fourth-order valence-electron chi connectivity index (χ4n) is 2.73. The predicted molar refractivity (Wildman–Crippen MR) is 129 cm³/mol. The molecule has 0 bridgehead atoms. The van der Waals surface area contributed by atoms with E-state index >= 15 is 0 Å². The highest BCUT2D eigenvalue weighted by molar-refractivity contribution is 14.0. The van der Waals surface area contributed by atoms with Crippen LogP contribution in [0.25, 0.3) is 0 Å². The van der Waals surface area contributed by atoms with E-state index in [2.05, 4.69) is 27.0 Å². The average Bonchev–Trinajstić information content (AvgIpc) is 2.69. The Morgan fingerprint density at radius 2 is 1.72 bits per heavy atom. The van der Waals surface area contributed by atoms with Crippen molar-refractivity contribution in [1.29, 1.82) is 0 Å². The second kappa shape index (κ2) is 13.0. The van der Waals surface area contributed by atoms with Gasteiger partial charge in [0.25, 0.3) is 5.91 Å². The molecule has 0 saturated heterocycles. The number of nitrogens with zero attached hydrogens (tertiary/aromatic N) is 1. The molecule has 7 heteroatoms. The number of amides is 1. The Bertz CT molecular complexity index is 824. The minimum Gasteiger partial charge on any atom is -0.496 e. The van der Waals surface area contributed by atoms with Gasteiger partial charge >= 0.3 is 0 Å². The molecular weight excluding hydrogens is 479 g/mol. The summed E-state index contributed by atoms with van der Waals surface area (Å²) < 4.78 is 5.44. The summed E-state index contributed by atoms with van der Waals surface area (Å²) in [6.07, 6.45) is 0. The van der Waals surface area contributed by atoms with Crippen molar-refractivity contribution >= 4 is 35.8 Å². The maximum atomic E-state index is 12.2. The van der Waals surface area contributed by atoms with Gasteiger partial charge in [-0.25, -0.2) is 4.99 Å². The third kappa shape index (κ3) is 8.31. The summed E-state index contributed by atoms with van der Waals surface area (Å²) in [5, 5.41) is 9.37. The molecule has 2 rings (SSSR count). The van der Waals surface area contributed by atoms with E-state index in [-0.39, 0.29) is 29.9 Å². The zero-order chi connectivity index (χ0) is 20.4. The van der Waals surface area contributed by atoms with E-state index in [4.69, 9.17) is 4.74 Å². The Kier molecular flexibility index (Phi) is 11.1. The minimum atomic E-state index is -0.0724. The number of halogens is 1. The average molecular weight is 510 g/mol. The molecule has 0 fully saturated rings. The first-order valence-corrected chi connectivity index (χ1v) is 9.54. The summed E-state index contributed by atoms with van der Waals surface area (Å²) in [4.78, 5) is 16.8. The number of aryl methyl sites for hydroxylation is 2. The standard InChI is InChI=1S/C22H30N4O2.HI/c1-5-23-22(26-15-19-10-9-17(3)14-20(19)28-4)25-12-11-24-21(27)18-8-6-7-16(2)13-18;/h6-10,13-14H,5,11-12,15H2,1-4H3,(H,24,27)(H2,23,25,26);1H. The number of nitrogens with one attached hydrogen (secondary N) is 3. The molecule has 6 nitrogen and oxygen atoms in total. The van der Waals surface area contributed by atoms with Crippen LogP contribution in [0.4, 0.5) is 0 Å². The van der Waals surface area contributed by atoms with Crippen LogP contribution in [-0.4, -0.2) is 38.6 Å². The second-order valence-electron chi connectivity index (χ2n) is 6.56. The molecule has 1 amide bonds. The minimum absolute atomic E-state index is 0. The number of hydrogen-bond acceptors (Lipinski definition) is 3. The number of methoxy groups -OCH3 is 1. The van der Waals surface area contributed by atoms with Gasteiger partial charge in [-0.05, 0) is 44.5 Å². The summed E-state index contributed by atoms with van der Waals surface area (Å²) in [5.74, 6) is 1.47. The summed E-state index contributed by atoms with van der Waals surface area (Å²) in [6, 6.07) is 13.6. The molecule has 0 atom stereocenters. The molecule has 158 valence electrons. The first-order valence-electron chi connectivity index (χ1n) is 9.54. The molecule has 2 aromatic carbocycles. The lowest BCUT2D eigenvalue weighted by Gasteiger charge is -2.13. The van der Waals surface area contributed by atoms with E-state index in [0.29, 0.717) is 31.2 Å². The molecule has 0 heterocycles. The van der Waals surface area contributed by atoms with Gasteiger partial charge in [-0.15, -0.1) is 24.0 Å². The highest BCUT2D eigenvalue weighted by Gasteiger charge is 2.06. The van der Waals surface area contributed by atoms with Crippen molar-refractivity contribution in [3.05, 3.63) is 64.7 Å². The molecule has 2 aromatic rings. The lowest BCUT2D eigenvalue weighted by atomic mass is 10.1. The monoisotopic (exact) mass is 510 g/mol. The van der Waals surface area contributed by atoms with Crippen LogP contribution in [0.1, 0.15) is 34.0 Å². The normalized spacial score (nSPS) is 10.7. The van der Waals surface area contributed by atoms with E-state index < -0.39 is 0 Å². The number of guanidine groups is 1. The van der Waals surface area contributed by atoms with Gasteiger partial charge in [-0.1, -0.05) is 29.8 Å². The summed E-state index contributed by atoms with van der Waals surface area (Å²) in [7, 11) is 1.67. The van der Waals surface area contributed by atoms with Gasteiger partial charge in [-0.2, -0.15) is 0 Å². The lowest BCUT2D eigenvalue weighted by molar-refractivity contribution is 0.0954. The van der Waals surface area contributed by atoms with Crippen molar-refractivity contribution in [2.24, 2.45) is 4.99 Å². The molecule has 0 aliphatic rings. The lowest BCUT2D eigenvalue weighted by Crippen LogP contribution is -2.41. The SMILES string of the molecule is CCNC(=NCc1ccc(C)cc1OC)NCCNC(=O)c1cccc(C)c1.I. The molecule has 0 radical (unpaired) electrons. The Morgan fingerprint density at radius 1 is 1.00 bits per heavy atom. The first kappa shape index (κ1) is 24.7. The van der Waals surface area contributed by atoms with Crippen molar-refractivity contribution in [3.63, 3.8) is 0 Å². The molecule has 0 unspecified atom stereocenters. The highest BCUT2D eigenvalue weighted by Crippen LogP contribution is 2.20. The van der Waals surface area contributed by atoms with Crippen LogP contribution in [0, 0.1) is 13.8 Å². The molecule has 29 heavy (non-hydrogen) atoms. The van der Waals surface area contributed by atoms with Gasteiger partial charge < -0.3 is 20.7 Å². The van der Waals surface area contributed by atoms with Gasteiger partial charge in [0, 0.05) is 30.8 Å². The van der Waals surface area contributed by atoms with Gasteiger partial charge in [0.15, 0.2) is 5.96 Å². The summed E-state index contributed by atoms with van der Waals surface area (Å²) in [6.45, 7) is 8.37. The molecule has 0 saturated carbocycles. The van der Waals surface area contributed by atoms with E-state index in [1.807, 2.05) is 57.2 Å². The second-order valence-corrected chi connectivity index (χ2v) is 6.56. The number of benzene rings is 2. The zero-order valence-electron chi connectivity index (χ0n) is 17.5. The Hall–Kier alpha value is -2.29. The van der Waals surface area contributed by atoms with Crippen LogP contribution in [0.3, 0.4) is 0 Å². The van der Waals surface area contributed by atoms with Gasteiger partial charge in [0.1, 0.15) is 5.75 Å². The van der Waals surface area contributed by atoms with Crippen molar-refractivity contribution in [2.75, 3.05) is 26.7 Å². The van der Waals surface area contributed by atoms with Gasteiger partial charge in [0.05, 0.1) is 13.7 Å². The fourth-order valence-corrected chi connectivity index (χ4v) is 2.73. The maximum Gasteiger partial charge on any atom is 0.251 e. The van der Waals surface area contributed by atoms with Crippen molar-refractivity contribution in [3.8, 4) is 5.75 Å². The van der Waals surface area contributed by atoms with Crippen LogP contribution >= 0.6 is 24.0 Å². The topological polar surface area (TPSA) is 74.8 Å². The van der Waals surface area contributed by atoms with E-state index in [1.54, 1.807) is 7.11 Å². The summed E-state index contributed by atoms with van der Waals surface area (Å²) in [5.41, 5.74) is 3.92. The molecular formula is C22H31IN4O2. The van der Waals surface area contributed by atoms with Crippen LogP contribution < -0.4 is 20.7 Å². The van der Waals surface area contributed by atoms with E-state index in [9.17, 15) is 4.79 Å². The smallest absolute Gasteiger partial charge is 0.251 e. The summed E-state index contributed by atoms with van der Waals surface area (Å²) >= 11 is 0. The first-order chi connectivity index (χ1) is 13.5. The third-order valence-corrected chi connectivity index (χ3v) is 4.18. The van der Waals surface area contributed by atoms with E-state index in [1.165, 1.54) is 0 Å². The number of hydrogen-bond donors (Lipinski definition) is 3.